The van der Waals surface area contributed by atoms with E-state index in [9.17, 15) is 23.8 Å². The molecule has 4 aromatic rings. The number of aromatic nitrogens is 3. The molecule has 10 heteroatoms. The summed E-state index contributed by atoms with van der Waals surface area (Å²) >= 11 is 7.20. The largest absolute Gasteiger partial charge is 0.508 e. The van der Waals surface area contributed by atoms with Gasteiger partial charge in [0, 0.05) is 29.7 Å². The van der Waals surface area contributed by atoms with Crippen molar-refractivity contribution in [3.8, 4) is 16.9 Å². The van der Waals surface area contributed by atoms with Crippen LogP contribution in [-0.4, -0.2) is 36.8 Å². The van der Waals surface area contributed by atoms with E-state index in [1.807, 2.05) is 0 Å². The van der Waals surface area contributed by atoms with Gasteiger partial charge in [-0.15, -0.1) is 11.3 Å². The second kappa shape index (κ2) is 9.05. The lowest BCUT2D eigenvalue weighted by Gasteiger charge is -2.37. The molecule has 1 aromatic carbocycles. The Balaban J connectivity index is 1.72. The van der Waals surface area contributed by atoms with Gasteiger partial charge in [-0.05, 0) is 41.0 Å². The third-order valence-electron chi connectivity index (χ3n) is 5.86. The number of fused-ring (bicyclic) bond motifs is 1. The molecule has 34 heavy (non-hydrogen) atoms. The molecule has 2 N–H and O–H groups in total. The van der Waals surface area contributed by atoms with E-state index in [0.29, 0.717) is 26.9 Å². The molecule has 0 radical (unpaired) electrons. The van der Waals surface area contributed by atoms with Crippen LogP contribution in [0.4, 0.5) is 8.78 Å². The first kappa shape index (κ1) is 24.3. The minimum atomic E-state index is -3.11. The molecule has 6 nitrogen and oxygen atoms in total. The Labute approximate surface area is 203 Å². The first-order valence-corrected chi connectivity index (χ1v) is 11.6. The van der Waals surface area contributed by atoms with Crippen LogP contribution < -0.4 is 5.43 Å². The molecule has 1 unspecified atom stereocenters. The number of nitrogens with zero attached hydrogens (tertiary/aromatic N) is 3. The zero-order valence-electron chi connectivity index (χ0n) is 18.4. The van der Waals surface area contributed by atoms with Crippen LogP contribution in [0.15, 0.2) is 59.4 Å². The summed E-state index contributed by atoms with van der Waals surface area (Å²) in [6.07, 6.45) is 2.40. The highest BCUT2D eigenvalue weighted by Crippen LogP contribution is 2.41. The highest BCUT2D eigenvalue weighted by molar-refractivity contribution is 7.17. The first-order valence-electron chi connectivity index (χ1n) is 10.4. The Morgan fingerprint density at radius 2 is 1.88 bits per heavy atom. The Kier molecular flexibility index (Phi) is 6.46. The number of pyridine rings is 1. The Morgan fingerprint density at radius 3 is 2.56 bits per heavy atom. The van der Waals surface area contributed by atoms with Gasteiger partial charge in [0.2, 0.25) is 5.43 Å². The number of aromatic hydroxyl groups is 1. The van der Waals surface area contributed by atoms with Crippen molar-refractivity contribution in [2.45, 2.75) is 44.3 Å². The van der Waals surface area contributed by atoms with Gasteiger partial charge in [0.15, 0.2) is 0 Å². The fraction of sp³-hybridized carbons (Fsp3) is 0.292. The van der Waals surface area contributed by atoms with Crippen molar-refractivity contribution in [2.24, 2.45) is 0 Å². The lowest BCUT2D eigenvalue weighted by Crippen LogP contribution is -2.46. The molecule has 0 aliphatic heterocycles. The van der Waals surface area contributed by atoms with Crippen molar-refractivity contribution in [1.29, 1.82) is 0 Å². The van der Waals surface area contributed by atoms with Crippen LogP contribution in [0.1, 0.15) is 25.8 Å². The van der Waals surface area contributed by atoms with E-state index in [0.717, 1.165) is 11.3 Å². The zero-order valence-corrected chi connectivity index (χ0v) is 19.9. The molecule has 3 heterocycles. The van der Waals surface area contributed by atoms with Gasteiger partial charge < -0.3 is 14.8 Å². The molecule has 0 fully saturated rings. The second-order valence-corrected chi connectivity index (χ2v) is 10.2. The van der Waals surface area contributed by atoms with E-state index in [1.165, 1.54) is 23.2 Å². The van der Waals surface area contributed by atoms with Crippen LogP contribution >= 0.6 is 22.9 Å². The van der Waals surface area contributed by atoms with Crippen molar-refractivity contribution in [3.63, 3.8) is 0 Å². The van der Waals surface area contributed by atoms with Crippen molar-refractivity contribution >= 4 is 33.2 Å². The van der Waals surface area contributed by atoms with Gasteiger partial charge in [-0.25, -0.2) is 18.7 Å². The van der Waals surface area contributed by atoms with Gasteiger partial charge in [-0.3, -0.25) is 4.79 Å². The summed E-state index contributed by atoms with van der Waals surface area (Å²) in [5.41, 5.74) is -1.69. The molecule has 3 aromatic heterocycles. The van der Waals surface area contributed by atoms with Gasteiger partial charge in [0.1, 0.15) is 22.7 Å². The lowest BCUT2D eigenvalue weighted by atomic mass is 9.74. The second-order valence-electron chi connectivity index (χ2n) is 8.89. The molecule has 0 saturated heterocycles. The van der Waals surface area contributed by atoms with Crippen LogP contribution in [0.2, 0.25) is 5.02 Å². The standard InChI is InChI=1S/C24H22ClF2N3O3S/c1-23(2,16-7-14(3-4-19(16)31)15-8-28-13-29-9-15)11-24(33,22(26)27)12-30-10-17(25)20(32)21-18(30)5-6-34-21/h3-10,13,22,31,33H,11-12H2,1-2H3. The van der Waals surface area contributed by atoms with Crippen molar-refractivity contribution < 1.29 is 19.0 Å². The number of aliphatic hydroxyl groups is 1. The number of halogens is 3. The summed E-state index contributed by atoms with van der Waals surface area (Å²) in [6, 6.07) is 6.49. The minimum absolute atomic E-state index is 0.0751. The maximum Gasteiger partial charge on any atom is 0.268 e. The summed E-state index contributed by atoms with van der Waals surface area (Å²) in [5.74, 6) is -0.0751. The van der Waals surface area contributed by atoms with Crippen molar-refractivity contribution in [2.75, 3.05) is 0 Å². The summed E-state index contributed by atoms with van der Waals surface area (Å²) < 4.78 is 30.4. The fourth-order valence-electron chi connectivity index (χ4n) is 4.27. The van der Waals surface area contributed by atoms with Gasteiger partial charge in [-0.1, -0.05) is 31.5 Å². The third kappa shape index (κ3) is 4.55. The van der Waals surface area contributed by atoms with Gasteiger partial charge in [0.25, 0.3) is 6.43 Å². The number of hydrogen-bond acceptors (Lipinski definition) is 6. The Bertz CT molecular complexity index is 1390. The number of hydrogen-bond donors (Lipinski definition) is 2. The zero-order chi connectivity index (χ0) is 24.7. The summed E-state index contributed by atoms with van der Waals surface area (Å²) in [6.45, 7) is 2.87. The normalized spacial score (nSPS) is 14.0. The number of rotatable bonds is 7. The molecule has 0 aliphatic rings. The van der Waals surface area contributed by atoms with E-state index in [-0.39, 0.29) is 22.6 Å². The predicted molar refractivity (Wildman–Crippen MR) is 129 cm³/mol. The number of benzene rings is 1. The van der Waals surface area contributed by atoms with Gasteiger partial charge >= 0.3 is 0 Å². The highest BCUT2D eigenvalue weighted by atomic mass is 35.5. The monoisotopic (exact) mass is 505 g/mol. The number of phenolic OH excluding ortho intramolecular Hbond substituents is 1. The van der Waals surface area contributed by atoms with E-state index >= 15 is 0 Å². The van der Waals surface area contributed by atoms with Crippen LogP contribution in [0.3, 0.4) is 0 Å². The van der Waals surface area contributed by atoms with Gasteiger partial charge in [-0.2, -0.15) is 0 Å². The molecular weight excluding hydrogens is 484 g/mol. The molecule has 178 valence electrons. The average Bonchev–Trinajstić information content (AvgIpc) is 3.28. The minimum Gasteiger partial charge on any atom is -0.508 e. The van der Waals surface area contributed by atoms with E-state index < -0.39 is 24.0 Å². The Hall–Kier alpha value is -2.88. The highest BCUT2D eigenvalue weighted by Gasteiger charge is 2.44. The topological polar surface area (TPSA) is 88.2 Å². The molecule has 4 rings (SSSR count). The van der Waals surface area contributed by atoms with E-state index in [4.69, 9.17) is 11.6 Å². The molecular formula is C24H22ClF2N3O3S. The predicted octanol–water partition coefficient (Wildman–Crippen LogP) is 5.24. The van der Waals surface area contributed by atoms with Crippen LogP contribution in [0, 0.1) is 0 Å². The molecule has 0 saturated carbocycles. The fourth-order valence-corrected chi connectivity index (χ4v) is 5.39. The maximum absolute atomic E-state index is 14.3. The summed E-state index contributed by atoms with van der Waals surface area (Å²) in [4.78, 5) is 20.2. The molecule has 0 amide bonds. The van der Waals surface area contributed by atoms with Crippen LogP contribution in [0.25, 0.3) is 21.3 Å². The molecule has 0 aliphatic carbocycles. The third-order valence-corrected chi connectivity index (χ3v) is 7.04. The van der Waals surface area contributed by atoms with E-state index in [2.05, 4.69) is 9.97 Å². The number of alkyl halides is 2. The molecule has 0 bridgehead atoms. The lowest BCUT2D eigenvalue weighted by molar-refractivity contribution is -0.120. The average molecular weight is 506 g/mol. The van der Waals surface area contributed by atoms with Gasteiger partial charge in [0.05, 0.1) is 16.8 Å². The first-order chi connectivity index (χ1) is 16.0. The van der Waals surface area contributed by atoms with E-state index in [1.54, 1.807) is 49.8 Å². The Morgan fingerprint density at radius 1 is 1.18 bits per heavy atom. The van der Waals surface area contributed by atoms with Crippen molar-refractivity contribution in [3.05, 3.63) is 75.4 Å². The molecule has 0 spiro atoms. The summed E-state index contributed by atoms with van der Waals surface area (Å²) in [5, 5.41) is 23.3. The maximum atomic E-state index is 14.3. The summed E-state index contributed by atoms with van der Waals surface area (Å²) in [7, 11) is 0. The number of phenols is 1. The molecule has 1 atom stereocenters. The smallest absolute Gasteiger partial charge is 0.268 e. The van der Waals surface area contributed by atoms with Crippen LogP contribution in [0.5, 0.6) is 5.75 Å². The van der Waals surface area contributed by atoms with Crippen molar-refractivity contribution in [1.82, 2.24) is 14.5 Å². The number of thiophene rings is 1. The SMILES string of the molecule is CC(C)(CC(O)(Cn1cc(Cl)c(=O)c2sccc21)C(F)F)c1cc(-c2cncnc2)ccc1O. The quantitative estimate of drug-likeness (QED) is 0.358. The van der Waals surface area contributed by atoms with Crippen LogP contribution in [-0.2, 0) is 12.0 Å².